The molecule has 0 aliphatic heterocycles. The van der Waals surface area contributed by atoms with Crippen molar-refractivity contribution in [1.82, 2.24) is 0 Å². The number of aliphatic imine (C=N–C) groups is 1. The van der Waals surface area contributed by atoms with Gasteiger partial charge in [-0.3, -0.25) is 0 Å². The van der Waals surface area contributed by atoms with Gasteiger partial charge in [0.05, 0.1) is 41.1 Å². The molecule has 0 heterocycles. The van der Waals surface area contributed by atoms with Gasteiger partial charge >= 0.3 is 0 Å². The SMILES string of the molecule is COc1cc2cc(C[C@H](CCCOCc3ccccc3)N=C=O)c3cc(OC)c(OC)cc3c2cc1OC. The first-order valence-corrected chi connectivity index (χ1v) is 12.5. The lowest BCUT2D eigenvalue weighted by molar-refractivity contribution is 0.116. The van der Waals surface area contributed by atoms with Crippen molar-refractivity contribution in [3.63, 3.8) is 0 Å². The fourth-order valence-electron chi connectivity index (χ4n) is 4.78. The molecule has 7 nitrogen and oxygen atoms in total. The zero-order valence-corrected chi connectivity index (χ0v) is 22.3. The lowest BCUT2D eigenvalue weighted by Gasteiger charge is -2.18. The van der Waals surface area contributed by atoms with Gasteiger partial charge in [-0.15, -0.1) is 0 Å². The van der Waals surface area contributed by atoms with Crippen LogP contribution >= 0.6 is 0 Å². The number of rotatable bonds is 13. The molecule has 1 atom stereocenters. The highest BCUT2D eigenvalue weighted by Crippen LogP contribution is 2.41. The minimum atomic E-state index is -0.235. The number of ether oxygens (including phenoxy) is 5. The maximum absolute atomic E-state index is 11.3. The maximum atomic E-state index is 11.3. The molecular formula is C31H33NO6. The molecule has 0 spiro atoms. The fourth-order valence-corrected chi connectivity index (χ4v) is 4.78. The van der Waals surface area contributed by atoms with Crippen molar-refractivity contribution >= 4 is 27.6 Å². The predicted octanol–water partition coefficient (Wildman–Crippen LogP) is 6.27. The van der Waals surface area contributed by atoms with Gasteiger partial charge in [0.2, 0.25) is 6.08 Å². The number of methoxy groups -OCH3 is 4. The lowest BCUT2D eigenvalue weighted by Crippen LogP contribution is -2.11. The van der Waals surface area contributed by atoms with Crippen LogP contribution in [0, 0.1) is 0 Å². The molecule has 4 aromatic rings. The molecule has 0 unspecified atom stereocenters. The minimum Gasteiger partial charge on any atom is -0.493 e. The van der Waals surface area contributed by atoms with E-state index in [0.29, 0.717) is 49.1 Å². The predicted molar refractivity (Wildman–Crippen MR) is 149 cm³/mol. The van der Waals surface area contributed by atoms with Crippen LogP contribution in [0.5, 0.6) is 23.0 Å². The van der Waals surface area contributed by atoms with Crippen LogP contribution in [0.3, 0.4) is 0 Å². The number of fused-ring (bicyclic) bond motifs is 3. The van der Waals surface area contributed by atoms with E-state index in [0.717, 1.165) is 39.1 Å². The number of hydrogen-bond acceptors (Lipinski definition) is 7. The summed E-state index contributed by atoms with van der Waals surface area (Å²) in [4.78, 5) is 15.4. The Morgan fingerprint density at radius 3 is 2.00 bits per heavy atom. The van der Waals surface area contributed by atoms with E-state index in [-0.39, 0.29) is 6.04 Å². The summed E-state index contributed by atoms with van der Waals surface area (Å²) in [6.45, 7) is 1.14. The molecule has 7 heteroatoms. The number of hydrogen-bond donors (Lipinski definition) is 0. The first-order chi connectivity index (χ1) is 18.6. The molecule has 0 saturated heterocycles. The molecule has 0 fully saturated rings. The average Bonchev–Trinajstić information content (AvgIpc) is 2.96. The first-order valence-electron chi connectivity index (χ1n) is 12.5. The Kier molecular flexibility index (Phi) is 9.20. The molecule has 4 rings (SSSR count). The summed E-state index contributed by atoms with van der Waals surface area (Å²) in [5, 5.41) is 3.95. The summed E-state index contributed by atoms with van der Waals surface area (Å²) in [6, 6.07) is 19.8. The first kappa shape index (κ1) is 27.0. The highest BCUT2D eigenvalue weighted by Gasteiger charge is 2.18. The Balaban J connectivity index is 1.65. The summed E-state index contributed by atoms with van der Waals surface area (Å²) >= 11 is 0. The molecule has 0 aliphatic rings. The van der Waals surface area contributed by atoms with E-state index >= 15 is 0 Å². The molecule has 0 aliphatic carbocycles. The summed E-state index contributed by atoms with van der Waals surface area (Å²) in [6.07, 6.45) is 3.80. The molecule has 0 N–H and O–H groups in total. The molecule has 38 heavy (non-hydrogen) atoms. The third-order valence-electron chi connectivity index (χ3n) is 6.67. The van der Waals surface area contributed by atoms with Crippen molar-refractivity contribution in [2.75, 3.05) is 35.0 Å². The lowest BCUT2D eigenvalue weighted by atomic mass is 9.92. The number of nitrogens with zero attached hydrogens (tertiary/aromatic N) is 1. The summed E-state index contributed by atoms with van der Waals surface area (Å²) < 4.78 is 28.1. The molecule has 198 valence electrons. The van der Waals surface area contributed by atoms with Gasteiger partial charge < -0.3 is 23.7 Å². The standard InChI is InChI=1S/C31H33NO6/c1-34-28-15-23-13-22(14-24(32-20-33)11-8-12-38-19-21-9-6-5-7-10-21)25-16-30(36-3)31(37-4)18-27(25)26(23)17-29(28)35-2/h5-7,9-10,13,15-18,24H,8,11-12,14,19H2,1-4H3/t24-/m0/s1. The smallest absolute Gasteiger partial charge is 0.235 e. The van der Waals surface area contributed by atoms with Gasteiger partial charge in [0.25, 0.3) is 0 Å². The van der Waals surface area contributed by atoms with Gasteiger partial charge in [0.15, 0.2) is 23.0 Å². The van der Waals surface area contributed by atoms with Gasteiger partial charge in [-0.05, 0) is 76.2 Å². The van der Waals surface area contributed by atoms with Crippen LogP contribution in [0.25, 0.3) is 21.5 Å². The second-order valence-electron chi connectivity index (χ2n) is 8.98. The maximum Gasteiger partial charge on any atom is 0.235 e. The Morgan fingerprint density at radius 2 is 1.37 bits per heavy atom. The number of benzene rings is 4. The molecule has 0 amide bonds. The van der Waals surface area contributed by atoms with Gasteiger partial charge in [0, 0.05) is 6.61 Å². The van der Waals surface area contributed by atoms with Crippen LogP contribution in [-0.4, -0.2) is 47.2 Å². The number of isocyanates is 1. The van der Waals surface area contributed by atoms with Crippen LogP contribution in [0.15, 0.2) is 65.7 Å². The van der Waals surface area contributed by atoms with Crippen LogP contribution in [0.1, 0.15) is 24.0 Å². The third kappa shape index (κ3) is 6.08. The van der Waals surface area contributed by atoms with Gasteiger partial charge in [-0.1, -0.05) is 36.4 Å². The van der Waals surface area contributed by atoms with Crippen molar-refractivity contribution < 1.29 is 28.5 Å². The normalized spacial score (nSPS) is 11.7. The van der Waals surface area contributed by atoms with E-state index in [1.807, 2.05) is 54.6 Å². The Labute approximate surface area is 222 Å². The van der Waals surface area contributed by atoms with E-state index in [2.05, 4.69) is 11.1 Å². The molecular weight excluding hydrogens is 482 g/mol. The Hall–Kier alpha value is -4.06. The molecule has 0 bridgehead atoms. The zero-order chi connectivity index (χ0) is 26.9. The van der Waals surface area contributed by atoms with Crippen LogP contribution in [-0.2, 0) is 22.6 Å². The van der Waals surface area contributed by atoms with Crippen LogP contribution in [0.4, 0.5) is 0 Å². The molecule has 0 aromatic heterocycles. The summed E-state index contributed by atoms with van der Waals surface area (Å²) in [7, 11) is 6.48. The second-order valence-corrected chi connectivity index (χ2v) is 8.98. The largest absolute Gasteiger partial charge is 0.493 e. The van der Waals surface area contributed by atoms with Crippen molar-refractivity contribution in [1.29, 1.82) is 0 Å². The second kappa shape index (κ2) is 13.0. The quantitative estimate of drug-likeness (QED) is 0.0904. The third-order valence-corrected chi connectivity index (χ3v) is 6.67. The zero-order valence-electron chi connectivity index (χ0n) is 22.3. The average molecular weight is 516 g/mol. The summed E-state index contributed by atoms with van der Waals surface area (Å²) in [5.74, 6) is 2.55. The van der Waals surface area contributed by atoms with Crippen molar-refractivity contribution in [3.05, 3.63) is 71.8 Å². The van der Waals surface area contributed by atoms with Crippen molar-refractivity contribution in [2.24, 2.45) is 4.99 Å². The monoisotopic (exact) mass is 515 g/mol. The van der Waals surface area contributed by atoms with E-state index in [9.17, 15) is 4.79 Å². The Morgan fingerprint density at radius 1 is 0.763 bits per heavy atom. The van der Waals surface area contributed by atoms with Crippen molar-refractivity contribution in [2.45, 2.75) is 31.9 Å². The summed E-state index contributed by atoms with van der Waals surface area (Å²) in [5.41, 5.74) is 2.17. The molecule has 4 aromatic carbocycles. The topological polar surface area (TPSA) is 75.6 Å². The minimum absolute atomic E-state index is 0.235. The molecule has 0 radical (unpaired) electrons. The van der Waals surface area contributed by atoms with Gasteiger partial charge in [-0.25, -0.2) is 9.79 Å². The highest BCUT2D eigenvalue weighted by atomic mass is 16.5. The van der Waals surface area contributed by atoms with E-state index in [1.165, 1.54) is 0 Å². The van der Waals surface area contributed by atoms with E-state index in [4.69, 9.17) is 23.7 Å². The van der Waals surface area contributed by atoms with Gasteiger partial charge in [-0.2, -0.15) is 0 Å². The van der Waals surface area contributed by atoms with Crippen LogP contribution in [0.2, 0.25) is 0 Å². The highest BCUT2D eigenvalue weighted by molar-refractivity contribution is 6.11. The van der Waals surface area contributed by atoms with E-state index in [1.54, 1.807) is 34.5 Å². The van der Waals surface area contributed by atoms with Crippen LogP contribution < -0.4 is 18.9 Å². The number of carbonyl (C=O) groups excluding carboxylic acids is 1. The molecule has 0 saturated carbocycles. The van der Waals surface area contributed by atoms with Crippen molar-refractivity contribution in [3.8, 4) is 23.0 Å². The Bertz CT molecular complexity index is 1430. The fraction of sp³-hybridized carbons (Fsp3) is 0.323. The van der Waals surface area contributed by atoms with E-state index < -0.39 is 0 Å². The van der Waals surface area contributed by atoms with Gasteiger partial charge in [0.1, 0.15) is 0 Å².